The van der Waals surface area contributed by atoms with Gasteiger partial charge in [-0.15, -0.1) is 0 Å². The van der Waals surface area contributed by atoms with Gasteiger partial charge in [-0.25, -0.2) is 4.79 Å². The molecule has 1 heterocycles. The zero-order valence-corrected chi connectivity index (χ0v) is 18.9. The summed E-state index contributed by atoms with van der Waals surface area (Å²) >= 11 is 0. The molecule has 0 saturated heterocycles. The average Bonchev–Trinajstić information content (AvgIpc) is 3.14. The summed E-state index contributed by atoms with van der Waals surface area (Å²) in [5.74, 6) is -1.68. The van der Waals surface area contributed by atoms with Crippen LogP contribution in [-0.2, 0) is 36.9 Å². The topological polar surface area (TPSA) is 125 Å². The highest BCUT2D eigenvalue weighted by Crippen LogP contribution is 2.43. The Kier molecular flexibility index (Phi) is 9.04. The number of carbonyl (C=O) groups excluding carboxylic acids is 3. The largest absolute Gasteiger partial charge is 0.496 e. The van der Waals surface area contributed by atoms with E-state index in [0.29, 0.717) is 36.1 Å². The molecule has 0 saturated carbocycles. The normalized spacial score (nSPS) is 13.2. The number of rotatable bonds is 12. The first-order valence-corrected chi connectivity index (χ1v) is 10.6. The van der Waals surface area contributed by atoms with Crippen LogP contribution in [0.5, 0.6) is 11.5 Å². The molecule has 1 aromatic rings. The first-order chi connectivity index (χ1) is 15.2. The summed E-state index contributed by atoms with van der Waals surface area (Å²) in [4.78, 5) is 47.1. The molecule has 0 bridgehead atoms. The van der Waals surface area contributed by atoms with E-state index < -0.39 is 23.9 Å². The molecule has 0 spiro atoms. The van der Waals surface area contributed by atoms with Crippen molar-refractivity contribution >= 4 is 23.9 Å². The Bertz CT molecular complexity index is 888. The van der Waals surface area contributed by atoms with Crippen molar-refractivity contribution in [2.24, 2.45) is 5.92 Å². The highest BCUT2D eigenvalue weighted by molar-refractivity contribution is 5.99. The quantitative estimate of drug-likeness (QED) is 0.377. The van der Waals surface area contributed by atoms with Gasteiger partial charge in [0, 0.05) is 30.4 Å². The van der Waals surface area contributed by atoms with Gasteiger partial charge in [-0.05, 0) is 44.1 Å². The Morgan fingerprint density at radius 1 is 1.06 bits per heavy atom. The summed E-state index contributed by atoms with van der Waals surface area (Å²) in [5, 5.41) is 8.91. The van der Waals surface area contributed by atoms with Crippen molar-refractivity contribution in [3.63, 3.8) is 0 Å². The van der Waals surface area contributed by atoms with Crippen molar-refractivity contribution in [1.82, 2.24) is 0 Å². The minimum absolute atomic E-state index is 0.0242. The van der Waals surface area contributed by atoms with Crippen molar-refractivity contribution in [1.29, 1.82) is 0 Å². The van der Waals surface area contributed by atoms with Gasteiger partial charge in [0.25, 0.3) is 0 Å². The molecule has 176 valence electrons. The number of esters is 3. The van der Waals surface area contributed by atoms with Crippen molar-refractivity contribution < 1.29 is 43.2 Å². The number of hydrogen-bond acceptors (Lipinski definition) is 8. The molecule has 1 N–H and O–H groups in total. The van der Waals surface area contributed by atoms with Gasteiger partial charge in [0.2, 0.25) is 0 Å². The van der Waals surface area contributed by atoms with Gasteiger partial charge in [-0.2, -0.15) is 0 Å². The highest BCUT2D eigenvalue weighted by Gasteiger charge is 2.34. The average molecular weight is 450 g/mol. The van der Waals surface area contributed by atoms with Crippen LogP contribution in [0.1, 0.15) is 72.5 Å². The van der Waals surface area contributed by atoms with Crippen molar-refractivity contribution in [2.45, 2.75) is 65.4 Å². The Balaban J connectivity index is 2.31. The maximum atomic E-state index is 12.5. The molecule has 0 amide bonds. The predicted molar refractivity (Wildman–Crippen MR) is 113 cm³/mol. The number of hydrogen-bond donors (Lipinski definition) is 1. The molecule has 0 aliphatic carbocycles. The molecule has 0 aromatic heterocycles. The second-order valence-corrected chi connectivity index (χ2v) is 7.88. The van der Waals surface area contributed by atoms with Crippen LogP contribution in [0.15, 0.2) is 0 Å². The van der Waals surface area contributed by atoms with Gasteiger partial charge in [0.15, 0.2) is 5.75 Å². The fourth-order valence-electron chi connectivity index (χ4n) is 3.71. The fraction of sp³-hybridized carbons (Fsp3) is 0.565. The maximum absolute atomic E-state index is 12.5. The lowest BCUT2D eigenvalue weighted by molar-refractivity contribution is -0.141. The highest BCUT2D eigenvalue weighted by atomic mass is 16.6. The van der Waals surface area contributed by atoms with Gasteiger partial charge in [-0.1, -0.05) is 6.92 Å². The number of carbonyl (C=O) groups is 4. The summed E-state index contributed by atoms with van der Waals surface area (Å²) in [6.07, 6.45) is 1.92. The first kappa shape index (κ1) is 25.2. The molecule has 1 aliphatic heterocycles. The van der Waals surface area contributed by atoms with Crippen LogP contribution in [0.25, 0.3) is 0 Å². The van der Waals surface area contributed by atoms with Gasteiger partial charge < -0.3 is 24.1 Å². The van der Waals surface area contributed by atoms with Crippen LogP contribution in [0.2, 0.25) is 0 Å². The third kappa shape index (κ3) is 6.21. The Morgan fingerprint density at radius 3 is 2.38 bits per heavy atom. The molecule has 9 heteroatoms. The number of cyclic esters (lactones) is 1. The second kappa shape index (κ2) is 11.5. The minimum Gasteiger partial charge on any atom is -0.496 e. The third-order valence-corrected chi connectivity index (χ3v) is 5.57. The number of aliphatic carboxylic acids is 1. The van der Waals surface area contributed by atoms with Gasteiger partial charge in [0.1, 0.15) is 17.9 Å². The van der Waals surface area contributed by atoms with Crippen molar-refractivity contribution in [3.8, 4) is 11.5 Å². The van der Waals surface area contributed by atoms with Crippen molar-refractivity contribution in [3.05, 3.63) is 22.3 Å². The number of benzene rings is 1. The standard InChI is InChI=1S/C23H30O9/c1-13(9-11-17(24)25)8-10-15-21(30-4)14(2)16-12-31-23(28)20(16)22(15)32-19(27)7-5-6-18(26)29-3/h13H,5-12H2,1-4H3,(H,24,25). The molecule has 1 unspecified atom stereocenters. The van der Waals surface area contributed by atoms with Gasteiger partial charge in [-0.3, -0.25) is 14.4 Å². The fourth-order valence-corrected chi connectivity index (χ4v) is 3.71. The zero-order valence-electron chi connectivity index (χ0n) is 18.9. The van der Waals surface area contributed by atoms with Gasteiger partial charge in [0.05, 0.1) is 14.2 Å². The molecular formula is C23H30O9. The van der Waals surface area contributed by atoms with Crippen LogP contribution in [-0.4, -0.2) is 43.2 Å². The number of ether oxygens (including phenoxy) is 4. The van der Waals surface area contributed by atoms with E-state index in [1.807, 2.05) is 13.8 Å². The summed E-state index contributed by atoms with van der Waals surface area (Å²) in [5.41, 5.74) is 2.16. The molecule has 0 radical (unpaired) electrons. The number of carboxylic acid groups (broad SMARTS) is 1. The molecule has 1 aliphatic rings. The summed E-state index contributed by atoms with van der Waals surface area (Å²) in [6.45, 7) is 3.83. The number of carboxylic acids is 1. The SMILES string of the molecule is COC(=O)CCCC(=O)Oc1c(CCC(C)CCC(=O)O)c(OC)c(C)c2c1C(=O)OC2. The monoisotopic (exact) mass is 450 g/mol. The molecule has 9 nitrogen and oxygen atoms in total. The van der Waals surface area contributed by atoms with E-state index in [9.17, 15) is 19.2 Å². The lowest BCUT2D eigenvalue weighted by Crippen LogP contribution is -2.15. The van der Waals surface area contributed by atoms with E-state index >= 15 is 0 Å². The van der Waals surface area contributed by atoms with Gasteiger partial charge >= 0.3 is 23.9 Å². The smallest absolute Gasteiger partial charge is 0.342 e. The summed E-state index contributed by atoms with van der Waals surface area (Å²) < 4.78 is 21.0. The second-order valence-electron chi connectivity index (χ2n) is 7.88. The Morgan fingerprint density at radius 2 is 1.75 bits per heavy atom. The van der Waals surface area contributed by atoms with Crippen molar-refractivity contribution in [2.75, 3.05) is 14.2 Å². The number of fused-ring (bicyclic) bond motifs is 1. The van der Waals surface area contributed by atoms with E-state index in [1.165, 1.54) is 14.2 Å². The zero-order chi connectivity index (χ0) is 23.8. The minimum atomic E-state index is -0.855. The van der Waals surface area contributed by atoms with E-state index in [0.717, 1.165) is 5.56 Å². The number of methoxy groups -OCH3 is 2. The van der Waals surface area contributed by atoms with E-state index in [2.05, 4.69) is 4.74 Å². The summed E-state index contributed by atoms with van der Waals surface area (Å²) in [7, 11) is 2.78. The first-order valence-electron chi connectivity index (χ1n) is 10.6. The van der Waals surface area contributed by atoms with E-state index in [1.54, 1.807) is 0 Å². The third-order valence-electron chi connectivity index (χ3n) is 5.57. The van der Waals surface area contributed by atoms with Crippen LogP contribution in [0, 0.1) is 12.8 Å². The maximum Gasteiger partial charge on any atom is 0.342 e. The van der Waals surface area contributed by atoms with E-state index in [4.69, 9.17) is 19.3 Å². The Labute approximate surface area is 187 Å². The molecule has 32 heavy (non-hydrogen) atoms. The molecule has 2 rings (SSSR count). The molecular weight excluding hydrogens is 420 g/mol. The van der Waals surface area contributed by atoms with Crippen LogP contribution >= 0.6 is 0 Å². The summed E-state index contributed by atoms with van der Waals surface area (Å²) in [6, 6.07) is 0. The Hall–Kier alpha value is -3.10. The molecule has 1 atom stereocenters. The molecule has 0 fully saturated rings. The predicted octanol–water partition coefficient (Wildman–Crippen LogP) is 3.36. The van der Waals surface area contributed by atoms with Crippen LogP contribution < -0.4 is 9.47 Å². The van der Waals surface area contributed by atoms with Crippen LogP contribution in [0.4, 0.5) is 0 Å². The molecule has 1 aromatic carbocycles. The van der Waals surface area contributed by atoms with E-state index in [-0.39, 0.29) is 49.5 Å². The lowest BCUT2D eigenvalue weighted by Gasteiger charge is -2.20. The van der Waals surface area contributed by atoms with Crippen LogP contribution in [0.3, 0.4) is 0 Å². The lowest BCUT2D eigenvalue weighted by atomic mass is 9.91.